The molecule has 0 radical (unpaired) electrons. The minimum absolute atomic E-state index is 0.486. The first-order valence-electron chi connectivity index (χ1n) is 11.0. The Hall–Kier alpha value is -1.79. The standard InChI is InChI=1S/C23H41N5O/c1-18(2)22(28-15-13-27(5)14-16-28)17-26-23(24-4)25-12-11-19(3)20-7-9-21(29-6)10-8-20/h7-10,18-19,22H,11-17H2,1-6H3,(H2,24,25,26). The van der Waals surface area contributed by atoms with Crippen LogP contribution in [0.5, 0.6) is 5.75 Å². The SMILES string of the molecule is CN=C(NCCC(C)c1ccc(OC)cc1)NCC(C(C)C)N1CCN(C)CC1. The lowest BCUT2D eigenvalue weighted by Gasteiger charge is -2.40. The third-order valence-electron chi connectivity index (χ3n) is 6.03. The van der Waals surface area contributed by atoms with Gasteiger partial charge in [-0.05, 0) is 43.0 Å². The van der Waals surface area contributed by atoms with Gasteiger partial charge >= 0.3 is 0 Å². The normalized spacial score (nSPS) is 18.5. The van der Waals surface area contributed by atoms with Crippen molar-refractivity contribution >= 4 is 5.96 Å². The second-order valence-electron chi connectivity index (χ2n) is 8.49. The van der Waals surface area contributed by atoms with Gasteiger partial charge in [0.05, 0.1) is 7.11 Å². The molecule has 0 spiro atoms. The first-order valence-corrected chi connectivity index (χ1v) is 11.0. The molecule has 1 aliphatic heterocycles. The summed E-state index contributed by atoms with van der Waals surface area (Å²) in [5.41, 5.74) is 1.34. The number of aliphatic imine (C=N–C) groups is 1. The van der Waals surface area contributed by atoms with E-state index in [2.05, 4.69) is 65.4 Å². The van der Waals surface area contributed by atoms with Crippen LogP contribution in [0.15, 0.2) is 29.3 Å². The Morgan fingerprint density at radius 1 is 1.07 bits per heavy atom. The molecular formula is C23H41N5O. The average Bonchev–Trinajstić information content (AvgIpc) is 2.73. The van der Waals surface area contributed by atoms with E-state index < -0.39 is 0 Å². The van der Waals surface area contributed by atoms with E-state index in [-0.39, 0.29) is 0 Å². The van der Waals surface area contributed by atoms with Gasteiger partial charge < -0.3 is 20.3 Å². The van der Waals surface area contributed by atoms with Crippen LogP contribution in [0.1, 0.15) is 38.7 Å². The Kier molecular flexibility index (Phi) is 9.74. The molecule has 0 amide bonds. The maximum Gasteiger partial charge on any atom is 0.191 e. The minimum atomic E-state index is 0.486. The zero-order chi connectivity index (χ0) is 21.2. The van der Waals surface area contributed by atoms with Gasteiger partial charge in [-0.25, -0.2) is 0 Å². The molecule has 29 heavy (non-hydrogen) atoms. The molecule has 0 aromatic heterocycles. The molecule has 0 bridgehead atoms. The number of methoxy groups -OCH3 is 1. The van der Waals surface area contributed by atoms with E-state index in [4.69, 9.17) is 4.74 Å². The molecule has 2 rings (SSSR count). The number of ether oxygens (including phenoxy) is 1. The van der Waals surface area contributed by atoms with Crippen molar-refractivity contribution in [3.63, 3.8) is 0 Å². The van der Waals surface area contributed by atoms with Crippen LogP contribution in [0.25, 0.3) is 0 Å². The highest BCUT2D eigenvalue weighted by Gasteiger charge is 2.25. The number of rotatable bonds is 9. The van der Waals surface area contributed by atoms with Crippen molar-refractivity contribution in [3.8, 4) is 5.75 Å². The summed E-state index contributed by atoms with van der Waals surface area (Å²) >= 11 is 0. The van der Waals surface area contributed by atoms with Crippen molar-refractivity contribution in [2.24, 2.45) is 10.9 Å². The Balaban J connectivity index is 1.77. The number of likely N-dealkylation sites (N-methyl/N-ethyl adjacent to an activating group) is 1. The number of piperazine rings is 1. The Labute approximate surface area is 177 Å². The summed E-state index contributed by atoms with van der Waals surface area (Å²) in [7, 11) is 5.76. The molecule has 0 aliphatic carbocycles. The molecule has 6 nitrogen and oxygen atoms in total. The Bertz CT molecular complexity index is 608. The van der Waals surface area contributed by atoms with Crippen molar-refractivity contribution in [1.82, 2.24) is 20.4 Å². The van der Waals surface area contributed by atoms with Crippen LogP contribution in [0.3, 0.4) is 0 Å². The molecule has 1 saturated heterocycles. The van der Waals surface area contributed by atoms with Gasteiger partial charge in [0.25, 0.3) is 0 Å². The molecular weight excluding hydrogens is 362 g/mol. The minimum Gasteiger partial charge on any atom is -0.497 e. The summed E-state index contributed by atoms with van der Waals surface area (Å²) in [4.78, 5) is 9.45. The maximum absolute atomic E-state index is 5.25. The van der Waals surface area contributed by atoms with E-state index in [1.54, 1.807) is 7.11 Å². The zero-order valence-corrected chi connectivity index (χ0v) is 19.2. The summed E-state index contributed by atoms with van der Waals surface area (Å²) in [5, 5.41) is 7.04. The van der Waals surface area contributed by atoms with Gasteiger partial charge in [-0.1, -0.05) is 32.9 Å². The number of guanidine groups is 1. The van der Waals surface area contributed by atoms with Crippen LogP contribution in [0, 0.1) is 5.92 Å². The summed E-state index contributed by atoms with van der Waals surface area (Å²) < 4.78 is 5.25. The predicted molar refractivity (Wildman–Crippen MR) is 123 cm³/mol. The van der Waals surface area contributed by atoms with Crippen molar-refractivity contribution in [1.29, 1.82) is 0 Å². The highest BCUT2D eigenvalue weighted by Crippen LogP contribution is 2.21. The van der Waals surface area contributed by atoms with E-state index in [1.165, 1.54) is 5.56 Å². The number of nitrogens with one attached hydrogen (secondary N) is 2. The number of hydrogen-bond acceptors (Lipinski definition) is 4. The molecule has 0 saturated carbocycles. The largest absolute Gasteiger partial charge is 0.497 e. The maximum atomic E-state index is 5.25. The van der Waals surface area contributed by atoms with Gasteiger partial charge in [0.1, 0.15) is 5.75 Å². The summed E-state index contributed by atoms with van der Waals surface area (Å²) in [6.45, 7) is 13.3. The molecule has 1 aromatic carbocycles. The second-order valence-corrected chi connectivity index (χ2v) is 8.49. The van der Waals surface area contributed by atoms with Crippen LogP contribution in [-0.2, 0) is 0 Å². The predicted octanol–water partition coefficient (Wildman–Crippen LogP) is 2.63. The lowest BCUT2D eigenvalue weighted by atomic mass is 9.98. The van der Waals surface area contributed by atoms with Crippen molar-refractivity contribution < 1.29 is 4.74 Å². The molecule has 164 valence electrons. The van der Waals surface area contributed by atoms with Gasteiger partial charge in [-0.15, -0.1) is 0 Å². The average molecular weight is 404 g/mol. The van der Waals surface area contributed by atoms with Crippen molar-refractivity contribution in [3.05, 3.63) is 29.8 Å². The van der Waals surface area contributed by atoms with Gasteiger partial charge in [0.2, 0.25) is 0 Å². The quantitative estimate of drug-likeness (QED) is 0.490. The number of nitrogens with zero attached hydrogens (tertiary/aromatic N) is 3. The molecule has 1 aliphatic rings. The zero-order valence-electron chi connectivity index (χ0n) is 19.2. The third kappa shape index (κ3) is 7.52. The Morgan fingerprint density at radius 2 is 1.72 bits per heavy atom. The molecule has 6 heteroatoms. The van der Waals surface area contributed by atoms with Crippen LogP contribution >= 0.6 is 0 Å². The van der Waals surface area contributed by atoms with Crippen molar-refractivity contribution in [2.45, 2.75) is 39.2 Å². The fourth-order valence-electron chi connectivity index (χ4n) is 3.87. The molecule has 2 unspecified atom stereocenters. The van der Waals surface area contributed by atoms with Crippen LogP contribution in [-0.4, -0.2) is 82.3 Å². The van der Waals surface area contributed by atoms with E-state index >= 15 is 0 Å². The number of hydrogen-bond donors (Lipinski definition) is 2. The van der Waals surface area contributed by atoms with E-state index in [0.717, 1.165) is 57.4 Å². The summed E-state index contributed by atoms with van der Waals surface area (Å²) in [6.07, 6.45) is 1.05. The lowest BCUT2D eigenvalue weighted by molar-refractivity contribution is 0.0900. The highest BCUT2D eigenvalue weighted by molar-refractivity contribution is 5.79. The van der Waals surface area contributed by atoms with Crippen LogP contribution < -0.4 is 15.4 Å². The lowest BCUT2D eigenvalue weighted by Crippen LogP contribution is -2.55. The summed E-state index contributed by atoms with van der Waals surface area (Å²) in [6, 6.07) is 8.90. The third-order valence-corrected chi connectivity index (χ3v) is 6.03. The van der Waals surface area contributed by atoms with E-state index in [9.17, 15) is 0 Å². The molecule has 1 heterocycles. The highest BCUT2D eigenvalue weighted by atomic mass is 16.5. The molecule has 1 fully saturated rings. The Morgan fingerprint density at radius 3 is 2.28 bits per heavy atom. The van der Waals surface area contributed by atoms with Crippen LogP contribution in [0.2, 0.25) is 0 Å². The first kappa shape index (κ1) is 23.5. The van der Waals surface area contributed by atoms with Crippen LogP contribution in [0.4, 0.5) is 0 Å². The first-order chi connectivity index (χ1) is 13.9. The molecule has 1 aromatic rings. The summed E-state index contributed by atoms with van der Waals surface area (Å²) in [5.74, 6) is 2.90. The van der Waals surface area contributed by atoms with Gasteiger partial charge in [-0.2, -0.15) is 0 Å². The van der Waals surface area contributed by atoms with E-state index in [0.29, 0.717) is 17.9 Å². The number of benzene rings is 1. The monoisotopic (exact) mass is 403 g/mol. The van der Waals surface area contributed by atoms with Gasteiger partial charge in [0, 0.05) is 52.4 Å². The molecule has 2 N–H and O–H groups in total. The molecule has 2 atom stereocenters. The van der Waals surface area contributed by atoms with Gasteiger partial charge in [-0.3, -0.25) is 9.89 Å². The van der Waals surface area contributed by atoms with E-state index in [1.807, 2.05) is 19.2 Å². The second kappa shape index (κ2) is 12.0. The topological polar surface area (TPSA) is 52.1 Å². The fraction of sp³-hybridized carbons (Fsp3) is 0.696. The smallest absolute Gasteiger partial charge is 0.191 e. The van der Waals surface area contributed by atoms with Crippen molar-refractivity contribution in [2.75, 3.05) is 60.5 Å². The van der Waals surface area contributed by atoms with Gasteiger partial charge in [0.15, 0.2) is 5.96 Å². The fourth-order valence-corrected chi connectivity index (χ4v) is 3.87.